The molecule has 2 heteroatoms. The summed E-state index contributed by atoms with van der Waals surface area (Å²) >= 11 is 3.36. The first-order chi connectivity index (χ1) is 4.38. The SMILES string of the molecule is O=C[C@H]1C[C@@H]1CCCBr. The zero-order valence-corrected chi connectivity index (χ0v) is 6.93. The highest BCUT2D eigenvalue weighted by atomic mass is 79.9. The van der Waals surface area contributed by atoms with Gasteiger partial charge >= 0.3 is 0 Å². The molecule has 1 saturated carbocycles. The maximum absolute atomic E-state index is 10.1. The van der Waals surface area contributed by atoms with Crippen LogP contribution in [-0.4, -0.2) is 11.6 Å². The summed E-state index contributed by atoms with van der Waals surface area (Å²) in [6.45, 7) is 0. The van der Waals surface area contributed by atoms with Crippen LogP contribution in [0.15, 0.2) is 0 Å². The standard InChI is InChI=1S/C7H11BrO/c8-3-1-2-6-4-7(6)5-9/h5-7H,1-4H2/t6-,7+/m0/s1. The van der Waals surface area contributed by atoms with Crippen molar-refractivity contribution in [2.24, 2.45) is 11.8 Å². The van der Waals surface area contributed by atoms with E-state index in [-0.39, 0.29) is 0 Å². The van der Waals surface area contributed by atoms with Crippen molar-refractivity contribution in [1.82, 2.24) is 0 Å². The molecule has 0 heterocycles. The van der Waals surface area contributed by atoms with Crippen molar-refractivity contribution in [2.75, 3.05) is 5.33 Å². The van der Waals surface area contributed by atoms with E-state index in [9.17, 15) is 4.79 Å². The molecule has 2 atom stereocenters. The molecule has 0 radical (unpaired) electrons. The Morgan fingerprint density at radius 1 is 1.67 bits per heavy atom. The average Bonchev–Trinajstić information content (AvgIpc) is 2.62. The van der Waals surface area contributed by atoms with Gasteiger partial charge in [0, 0.05) is 11.2 Å². The van der Waals surface area contributed by atoms with Crippen LogP contribution in [-0.2, 0) is 4.79 Å². The lowest BCUT2D eigenvalue weighted by Crippen LogP contribution is -1.84. The van der Waals surface area contributed by atoms with Crippen LogP contribution >= 0.6 is 15.9 Å². The Morgan fingerprint density at radius 3 is 2.89 bits per heavy atom. The molecule has 1 aliphatic carbocycles. The van der Waals surface area contributed by atoms with Gasteiger partial charge in [0.2, 0.25) is 0 Å². The fourth-order valence-electron chi connectivity index (χ4n) is 1.11. The van der Waals surface area contributed by atoms with Gasteiger partial charge in [-0.15, -0.1) is 0 Å². The number of hydrogen-bond acceptors (Lipinski definition) is 1. The molecule has 0 unspecified atom stereocenters. The lowest BCUT2D eigenvalue weighted by molar-refractivity contribution is -0.109. The second-order valence-corrected chi connectivity index (χ2v) is 3.42. The van der Waals surface area contributed by atoms with Crippen molar-refractivity contribution in [3.8, 4) is 0 Å². The number of alkyl halides is 1. The lowest BCUT2D eigenvalue weighted by Gasteiger charge is -1.90. The Kier molecular flexibility index (Phi) is 2.70. The van der Waals surface area contributed by atoms with Crippen molar-refractivity contribution in [1.29, 1.82) is 0 Å². The molecular formula is C7H11BrO. The number of carbonyl (C=O) groups excluding carboxylic acids is 1. The molecule has 0 bridgehead atoms. The highest BCUT2D eigenvalue weighted by molar-refractivity contribution is 9.09. The maximum atomic E-state index is 10.1. The quantitative estimate of drug-likeness (QED) is 0.490. The summed E-state index contributed by atoms with van der Waals surface area (Å²) < 4.78 is 0. The summed E-state index contributed by atoms with van der Waals surface area (Å²) in [5.74, 6) is 1.16. The van der Waals surface area contributed by atoms with Crippen LogP contribution in [0.1, 0.15) is 19.3 Å². The van der Waals surface area contributed by atoms with E-state index in [1.807, 2.05) is 0 Å². The van der Waals surface area contributed by atoms with Crippen LogP contribution in [0.2, 0.25) is 0 Å². The Bertz CT molecular complexity index is 103. The zero-order valence-electron chi connectivity index (χ0n) is 5.35. The minimum Gasteiger partial charge on any atom is -0.303 e. The van der Waals surface area contributed by atoms with Crippen LogP contribution in [0.25, 0.3) is 0 Å². The number of carbonyl (C=O) groups is 1. The number of halogens is 1. The van der Waals surface area contributed by atoms with E-state index >= 15 is 0 Å². The molecule has 1 nitrogen and oxygen atoms in total. The summed E-state index contributed by atoms with van der Waals surface area (Å²) in [5.41, 5.74) is 0. The molecule has 0 amide bonds. The van der Waals surface area contributed by atoms with E-state index in [2.05, 4.69) is 15.9 Å². The van der Waals surface area contributed by atoms with E-state index < -0.39 is 0 Å². The van der Waals surface area contributed by atoms with Gasteiger partial charge < -0.3 is 4.79 Å². The first kappa shape index (κ1) is 7.26. The Hall–Kier alpha value is 0.150. The van der Waals surface area contributed by atoms with Crippen molar-refractivity contribution < 1.29 is 4.79 Å². The van der Waals surface area contributed by atoms with Gasteiger partial charge in [0.1, 0.15) is 6.29 Å². The third kappa shape index (κ3) is 2.09. The second-order valence-electron chi connectivity index (χ2n) is 2.63. The molecule has 0 aromatic rings. The fourth-order valence-corrected chi connectivity index (χ4v) is 1.43. The number of rotatable bonds is 4. The fraction of sp³-hybridized carbons (Fsp3) is 0.857. The van der Waals surface area contributed by atoms with Crippen molar-refractivity contribution in [3.63, 3.8) is 0 Å². The monoisotopic (exact) mass is 190 g/mol. The largest absolute Gasteiger partial charge is 0.303 e. The lowest BCUT2D eigenvalue weighted by atomic mass is 10.2. The van der Waals surface area contributed by atoms with Crippen LogP contribution < -0.4 is 0 Å². The van der Waals surface area contributed by atoms with Gasteiger partial charge in [-0.3, -0.25) is 0 Å². The normalized spacial score (nSPS) is 32.1. The Morgan fingerprint density at radius 2 is 2.44 bits per heavy atom. The smallest absolute Gasteiger partial charge is 0.123 e. The molecule has 1 fully saturated rings. The molecule has 52 valence electrons. The highest BCUT2D eigenvalue weighted by Gasteiger charge is 2.35. The van der Waals surface area contributed by atoms with E-state index in [4.69, 9.17) is 0 Å². The van der Waals surface area contributed by atoms with Gasteiger partial charge in [-0.2, -0.15) is 0 Å². The predicted octanol–water partition coefficient (Wildman–Crippen LogP) is 2.00. The molecule has 0 aromatic heterocycles. The summed E-state index contributed by atoms with van der Waals surface area (Å²) in [6, 6.07) is 0. The summed E-state index contributed by atoms with van der Waals surface area (Å²) in [5, 5.41) is 1.08. The molecule has 0 spiro atoms. The average molecular weight is 191 g/mol. The van der Waals surface area contributed by atoms with Gasteiger partial charge in [-0.1, -0.05) is 15.9 Å². The van der Waals surface area contributed by atoms with E-state index in [1.165, 1.54) is 12.8 Å². The maximum Gasteiger partial charge on any atom is 0.123 e. The van der Waals surface area contributed by atoms with Crippen molar-refractivity contribution >= 4 is 22.2 Å². The van der Waals surface area contributed by atoms with Crippen molar-refractivity contribution in [3.05, 3.63) is 0 Å². The summed E-state index contributed by atoms with van der Waals surface area (Å²) in [6.07, 6.45) is 4.69. The van der Waals surface area contributed by atoms with Crippen LogP contribution in [0.3, 0.4) is 0 Å². The van der Waals surface area contributed by atoms with E-state index in [0.717, 1.165) is 24.0 Å². The molecule has 1 aliphatic rings. The number of hydrogen-bond donors (Lipinski definition) is 0. The van der Waals surface area contributed by atoms with Gasteiger partial charge in [-0.05, 0) is 25.2 Å². The molecular weight excluding hydrogens is 180 g/mol. The zero-order chi connectivity index (χ0) is 6.69. The van der Waals surface area contributed by atoms with Crippen LogP contribution in [0, 0.1) is 11.8 Å². The molecule has 9 heavy (non-hydrogen) atoms. The second kappa shape index (κ2) is 3.35. The van der Waals surface area contributed by atoms with Gasteiger partial charge in [0.15, 0.2) is 0 Å². The number of aldehydes is 1. The van der Waals surface area contributed by atoms with Crippen LogP contribution in [0.4, 0.5) is 0 Å². The molecule has 0 aliphatic heterocycles. The minimum absolute atomic E-state index is 0.420. The van der Waals surface area contributed by atoms with Gasteiger partial charge in [0.25, 0.3) is 0 Å². The minimum atomic E-state index is 0.420. The molecule has 0 saturated heterocycles. The molecule has 0 N–H and O–H groups in total. The first-order valence-electron chi connectivity index (χ1n) is 3.39. The first-order valence-corrected chi connectivity index (χ1v) is 4.52. The summed E-state index contributed by atoms with van der Waals surface area (Å²) in [7, 11) is 0. The van der Waals surface area contributed by atoms with Gasteiger partial charge in [0.05, 0.1) is 0 Å². The third-order valence-electron chi connectivity index (χ3n) is 1.86. The van der Waals surface area contributed by atoms with Crippen molar-refractivity contribution in [2.45, 2.75) is 19.3 Å². The van der Waals surface area contributed by atoms with Crippen LogP contribution in [0.5, 0.6) is 0 Å². The highest BCUT2D eigenvalue weighted by Crippen LogP contribution is 2.40. The summed E-state index contributed by atoms with van der Waals surface area (Å²) in [4.78, 5) is 10.1. The van der Waals surface area contributed by atoms with Gasteiger partial charge in [-0.25, -0.2) is 0 Å². The molecule has 0 aromatic carbocycles. The molecule has 1 rings (SSSR count). The van der Waals surface area contributed by atoms with E-state index in [0.29, 0.717) is 5.92 Å². The van der Waals surface area contributed by atoms with E-state index in [1.54, 1.807) is 0 Å². The topological polar surface area (TPSA) is 17.1 Å². The predicted molar refractivity (Wildman–Crippen MR) is 40.7 cm³/mol. The Balaban J connectivity index is 1.98. The Labute approximate surface area is 64.0 Å². The third-order valence-corrected chi connectivity index (χ3v) is 2.42.